The Morgan fingerprint density at radius 1 is 1.60 bits per heavy atom. The quantitative estimate of drug-likeness (QED) is 0.373. The van der Waals surface area contributed by atoms with E-state index in [1.807, 2.05) is 0 Å². The molecule has 0 aromatic heterocycles. The third-order valence-corrected chi connectivity index (χ3v) is 1.06. The molecule has 1 saturated heterocycles. The molecule has 1 aliphatic rings. The Bertz CT molecular complexity index is 53.9. The Kier molecular flexibility index (Phi) is 0.445. The van der Waals surface area contributed by atoms with Crippen LogP contribution in [0.1, 0.15) is 0 Å². The van der Waals surface area contributed by atoms with Gasteiger partial charge in [0.15, 0.2) is 0 Å². The second-order valence-electron chi connectivity index (χ2n) is 0.657. The average Bonchev–Trinajstić information content (AvgIpc) is 1.30. The van der Waals surface area contributed by atoms with Crippen LogP contribution in [0.5, 0.6) is 0 Å². The van der Waals surface area contributed by atoms with Gasteiger partial charge in [0, 0.05) is 0 Å². The third kappa shape index (κ3) is 0.300. The SMILES string of the molecule is O=[Si]1OCO1. The molecule has 1 heterocycles. The van der Waals surface area contributed by atoms with Crippen molar-refractivity contribution in [1.29, 1.82) is 0 Å². The van der Waals surface area contributed by atoms with Crippen LogP contribution in [0.4, 0.5) is 0 Å². The van der Waals surface area contributed by atoms with Crippen molar-refractivity contribution in [3.8, 4) is 0 Å². The van der Waals surface area contributed by atoms with Crippen LogP contribution in [0.25, 0.3) is 0 Å². The predicted octanol–water partition coefficient (Wildman–Crippen LogP) is -0.594. The van der Waals surface area contributed by atoms with Gasteiger partial charge in [-0.25, -0.2) is 0 Å². The fraction of sp³-hybridized carbons (Fsp3) is 1.00. The van der Waals surface area contributed by atoms with E-state index in [9.17, 15) is 4.46 Å². The van der Waals surface area contributed by atoms with E-state index in [0.29, 0.717) is 0 Å². The molecule has 4 heteroatoms. The zero-order valence-electron chi connectivity index (χ0n) is 2.43. The lowest BCUT2D eigenvalue weighted by Crippen LogP contribution is -2.26. The molecule has 3 nitrogen and oxygen atoms in total. The molecule has 1 fully saturated rings. The standard InChI is InChI=1S/CH2O3Si/c2-5-3-1-4-5/h1H2. The first-order valence-electron chi connectivity index (χ1n) is 1.19. The molecule has 0 saturated carbocycles. The van der Waals surface area contributed by atoms with Gasteiger partial charge < -0.3 is 8.85 Å². The maximum absolute atomic E-state index is 9.64. The van der Waals surface area contributed by atoms with E-state index in [1.165, 1.54) is 0 Å². The van der Waals surface area contributed by atoms with Gasteiger partial charge in [-0.1, -0.05) is 0 Å². The largest absolute Gasteiger partial charge is 0.772 e. The molecule has 1 aliphatic heterocycles. The van der Waals surface area contributed by atoms with Gasteiger partial charge in [0.25, 0.3) is 0 Å². The molecule has 0 N–H and O–H groups in total. The molecule has 0 spiro atoms. The lowest BCUT2D eigenvalue weighted by molar-refractivity contribution is -0.0265. The van der Waals surface area contributed by atoms with E-state index in [1.54, 1.807) is 0 Å². The van der Waals surface area contributed by atoms with Gasteiger partial charge in [0.05, 0.1) is 0 Å². The van der Waals surface area contributed by atoms with E-state index in [-0.39, 0.29) is 6.79 Å². The molecule has 28 valence electrons. The van der Waals surface area contributed by atoms with E-state index in [2.05, 4.69) is 8.85 Å². The van der Waals surface area contributed by atoms with Gasteiger partial charge in [-0.3, -0.25) is 4.46 Å². The second kappa shape index (κ2) is 0.785. The fourth-order valence-corrected chi connectivity index (χ4v) is 0.321. The Balaban J connectivity index is 2.32. The summed E-state index contributed by atoms with van der Waals surface area (Å²) >= 11 is 0. The maximum Gasteiger partial charge on any atom is 0.772 e. The summed E-state index contributed by atoms with van der Waals surface area (Å²) < 4.78 is 18.1. The Morgan fingerprint density at radius 3 is 2.00 bits per heavy atom. The lowest BCUT2D eigenvalue weighted by Gasteiger charge is -2.10. The summed E-state index contributed by atoms with van der Waals surface area (Å²) in [6.07, 6.45) is 0. The maximum atomic E-state index is 9.64. The monoisotopic (exact) mass is 90.0 g/mol. The van der Waals surface area contributed by atoms with Crippen LogP contribution in [-0.4, -0.2) is 16.0 Å². The first kappa shape index (κ1) is 2.83. The number of rotatable bonds is 0. The van der Waals surface area contributed by atoms with E-state index < -0.39 is 9.17 Å². The summed E-state index contributed by atoms with van der Waals surface area (Å²) in [5.74, 6) is 0. The van der Waals surface area contributed by atoms with Crippen molar-refractivity contribution in [1.82, 2.24) is 0 Å². The summed E-state index contributed by atoms with van der Waals surface area (Å²) in [7, 11) is -1.94. The average molecular weight is 90.1 g/mol. The van der Waals surface area contributed by atoms with Gasteiger partial charge in [-0.2, -0.15) is 0 Å². The van der Waals surface area contributed by atoms with E-state index >= 15 is 0 Å². The van der Waals surface area contributed by atoms with Gasteiger partial charge >= 0.3 is 9.17 Å². The second-order valence-corrected chi connectivity index (χ2v) is 1.73. The molecular formula is CH2O3Si. The van der Waals surface area contributed by atoms with Crippen LogP contribution in [0.15, 0.2) is 0 Å². The van der Waals surface area contributed by atoms with Gasteiger partial charge in [0.1, 0.15) is 0 Å². The van der Waals surface area contributed by atoms with Crippen LogP contribution in [-0.2, 0) is 13.3 Å². The first-order valence-corrected chi connectivity index (χ1v) is 2.41. The Morgan fingerprint density at radius 2 is 2.00 bits per heavy atom. The highest BCUT2D eigenvalue weighted by Crippen LogP contribution is 1.88. The van der Waals surface area contributed by atoms with Crippen molar-refractivity contribution in [2.24, 2.45) is 0 Å². The molecule has 0 aromatic carbocycles. The normalized spacial score (nSPS) is 18.8. The summed E-state index contributed by atoms with van der Waals surface area (Å²) in [6.45, 7) is 0.220. The molecule has 0 bridgehead atoms. The van der Waals surface area contributed by atoms with Gasteiger partial charge in [-0.15, -0.1) is 0 Å². The van der Waals surface area contributed by atoms with E-state index in [4.69, 9.17) is 0 Å². The third-order valence-electron chi connectivity index (χ3n) is 0.354. The summed E-state index contributed by atoms with van der Waals surface area (Å²) in [5, 5.41) is 0. The molecule has 0 aliphatic carbocycles. The smallest absolute Gasteiger partial charge is 0.463 e. The van der Waals surface area contributed by atoms with Gasteiger partial charge in [0.2, 0.25) is 6.79 Å². The molecular weight excluding hydrogens is 88.1 g/mol. The van der Waals surface area contributed by atoms with Crippen molar-refractivity contribution < 1.29 is 13.3 Å². The molecule has 5 heavy (non-hydrogen) atoms. The van der Waals surface area contributed by atoms with Crippen LogP contribution < -0.4 is 0 Å². The van der Waals surface area contributed by atoms with Crippen LogP contribution in [0, 0.1) is 0 Å². The highest BCUT2D eigenvalue weighted by molar-refractivity contribution is 6.28. The van der Waals surface area contributed by atoms with Crippen molar-refractivity contribution in [2.45, 2.75) is 0 Å². The van der Waals surface area contributed by atoms with E-state index in [0.717, 1.165) is 0 Å². The number of hydrogen-bond donors (Lipinski definition) is 0. The molecule has 0 radical (unpaired) electrons. The Labute approximate surface area is 30.4 Å². The summed E-state index contributed by atoms with van der Waals surface area (Å²) in [4.78, 5) is 0. The van der Waals surface area contributed by atoms with Crippen LogP contribution >= 0.6 is 0 Å². The van der Waals surface area contributed by atoms with Crippen molar-refractivity contribution in [3.05, 3.63) is 0 Å². The zero-order chi connectivity index (χ0) is 3.70. The predicted molar refractivity (Wildman–Crippen MR) is 13.5 cm³/mol. The Hall–Kier alpha value is -0.383. The molecule has 0 aromatic rings. The highest BCUT2D eigenvalue weighted by atomic mass is 28.3. The summed E-state index contributed by atoms with van der Waals surface area (Å²) in [5.41, 5.74) is 0. The fourth-order valence-electron chi connectivity index (χ4n) is 0.107. The molecule has 0 atom stereocenters. The number of hydrogen-bond acceptors (Lipinski definition) is 3. The molecule has 1 rings (SSSR count). The topological polar surface area (TPSA) is 35.5 Å². The highest BCUT2D eigenvalue weighted by Gasteiger charge is 2.19. The molecule has 0 unspecified atom stereocenters. The van der Waals surface area contributed by atoms with Crippen LogP contribution in [0.3, 0.4) is 0 Å². The minimum atomic E-state index is -1.94. The van der Waals surface area contributed by atoms with Gasteiger partial charge in [-0.05, 0) is 0 Å². The van der Waals surface area contributed by atoms with Crippen molar-refractivity contribution in [2.75, 3.05) is 6.79 Å². The summed E-state index contributed by atoms with van der Waals surface area (Å²) in [6, 6.07) is 0. The lowest BCUT2D eigenvalue weighted by atomic mass is 11.5. The first-order chi connectivity index (χ1) is 2.39. The van der Waals surface area contributed by atoms with Crippen molar-refractivity contribution >= 4 is 9.17 Å². The molecule has 0 amide bonds. The minimum Gasteiger partial charge on any atom is -0.463 e. The zero-order valence-corrected chi connectivity index (χ0v) is 3.43. The van der Waals surface area contributed by atoms with Crippen LogP contribution in [0.2, 0.25) is 0 Å². The van der Waals surface area contributed by atoms with Crippen molar-refractivity contribution in [3.63, 3.8) is 0 Å². The minimum absolute atomic E-state index is 0.220.